The van der Waals surface area contributed by atoms with Gasteiger partial charge in [0, 0.05) is 24.4 Å². The highest BCUT2D eigenvalue weighted by atomic mass is 16.2. The lowest BCUT2D eigenvalue weighted by Gasteiger charge is -2.07. The average Bonchev–Trinajstić information content (AvgIpc) is 2.92. The summed E-state index contributed by atoms with van der Waals surface area (Å²) < 4.78 is 0. The number of nitrogens with one attached hydrogen (secondary N) is 2. The van der Waals surface area contributed by atoms with Crippen LogP contribution in [0.3, 0.4) is 0 Å². The third-order valence-corrected chi connectivity index (χ3v) is 3.51. The molecule has 0 bridgehead atoms. The normalized spacial score (nSPS) is 11.0. The number of aliphatic hydroxyl groups is 1. The monoisotopic (exact) mass is 281 g/mol. The maximum atomic E-state index is 8.92. The van der Waals surface area contributed by atoms with Crippen molar-refractivity contribution >= 4 is 22.4 Å². The first-order valence-corrected chi connectivity index (χ1v) is 7.24. The highest BCUT2D eigenvalue weighted by Crippen LogP contribution is 2.21. The van der Waals surface area contributed by atoms with Crippen molar-refractivity contribution in [3.05, 3.63) is 53.9 Å². The molecule has 0 unspecified atom stereocenters. The number of H-pyrrole nitrogens is 1. The van der Waals surface area contributed by atoms with E-state index in [9.17, 15) is 0 Å². The van der Waals surface area contributed by atoms with Crippen LogP contribution in [0.1, 0.15) is 18.3 Å². The first-order valence-electron chi connectivity index (χ1n) is 7.24. The molecule has 0 aliphatic rings. The molecule has 4 nitrogen and oxygen atoms in total. The van der Waals surface area contributed by atoms with Crippen molar-refractivity contribution < 1.29 is 5.11 Å². The highest BCUT2D eigenvalue weighted by Gasteiger charge is 2.03. The lowest BCUT2D eigenvalue weighted by molar-refractivity contribution is 0.299. The zero-order valence-electron chi connectivity index (χ0n) is 12.1. The molecule has 3 rings (SSSR count). The largest absolute Gasteiger partial charge is 0.396 e. The fraction of sp³-hybridized carbons (Fsp3) is 0.235. The molecule has 2 aromatic carbocycles. The summed E-state index contributed by atoms with van der Waals surface area (Å²) in [4.78, 5) is 7.82. The molecule has 3 aromatic rings. The van der Waals surface area contributed by atoms with Gasteiger partial charge in [0.15, 0.2) is 0 Å². The molecule has 0 spiro atoms. The summed E-state index contributed by atoms with van der Waals surface area (Å²) in [5.74, 6) is 1.01. The van der Waals surface area contributed by atoms with Gasteiger partial charge < -0.3 is 15.4 Å². The van der Waals surface area contributed by atoms with Crippen LogP contribution in [0, 0.1) is 0 Å². The zero-order valence-corrected chi connectivity index (χ0v) is 12.1. The minimum absolute atomic E-state index is 0.184. The molecule has 108 valence electrons. The Kier molecular flexibility index (Phi) is 3.88. The topological polar surface area (TPSA) is 60.9 Å². The summed E-state index contributed by atoms with van der Waals surface area (Å²) in [5, 5.41) is 12.3. The predicted octanol–water partition coefficient (Wildman–Crippen LogP) is 3.40. The minimum atomic E-state index is 0.184. The van der Waals surface area contributed by atoms with E-state index in [2.05, 4.69) is 28.3 Å². The van der Waals surface area contributed by atoms with E-state index in [0.717, 1.165) is 40.2 Å². The fourth-order valence-electron chi connectivity index (χ4n) is 2.36. The van der Waals surface area contributed by atoms with Crippen molar-refractivity contribution in [1.82, 2.24) is 9.97 Å². The second-order valence-electron chi connectivity index (χ2n) is 5.06. The molecular formula is C17H19N3O. The van der Waals surface area contributed by atoms with E-state index in [-0.39, 0.29) is 6.61 Å². The molecule has 0 atom stereocenters. The van der Waals surface area contributed by atoms with E-state index in [1.54, 1.807) is 0 Å². The van der Waals surface area contributed by atoms with Gasteiger partial charge in [0.05, 0.1) is 11.0 Å². The summed E-state index contributed by atoms with van der Waals surface area (Å²) in [6.45, 7) is 2.27. The van der Waals surface area contributed by atoms with Crippen molar-refractivity contribution in [2.75, 3.05) is 11.9 Å². The Morgan fingerprint density at radius 1 is 1.10 bits per heavy atom. The molecule has 0 aliphatic heterocycles. The molecule has 0 amide bonds. The van der Waals surface area contributed by atoms with Crippen LogP contribution in [0.4, 0.5) is 11.4 Å². The number of fused-ring (bicyclic) bond motifs is 1. The van der Waals surface area contributed by atoms with Crippen LogP contribution in [0.25, 0.3) is 11.0 Å². The van der Waals surface area contributed by atoms with Crippen LogP contribution in [0.2, 0.25) is 0 Å². The standard InChI is InChI=1S/C17H19N3O/c1-2-17-19-15-8-7-14(11-16(15)20-17)18-13-5-3-12(4-6-13)9-10-21/h3-8,11,18,21H,2,9-10H2,1H3,(H,19,20). The van der Waals surface area contributed by atoms with Gasteiger partial charge in [-0.3, -0.25) is 0 Å². The van der Waals surface area contributed by atoms with Gasteiger partial charge in [-0.25, -0.2) is 4.98 Å². The van der Waals surface area contributed by atoms with Gasteiger partial charge >= 0.3 is 0 Å². The lowest BCUT2D eigenvalue weighted by atomic mass is 10.1. The van der Waals surface area contributed by atoms with Gasteiger partial charge in [0.25, 0.3) is 0 Å². The van der Waals surface area contributed by atoms with E-state index in [1.807, 2.05) is 36.4 Å². The summed E-state index contributed by atoms with van der Waals surface area (Å²) in [6, 6.07) is 14.2. The van der Waals surface area contributed by atoms with E-state index in [1.165, 1.54) is 0 Å². The van der Waals surface area contributed by atoms with Crippen molar-refractivity contribution in [3.8, 4) is 0 Å². The van der Waals surface area contributed by atoms with Gasteiger partial charge in [-0.1, -0.05) is 19.1 Å². The number of benzene rings is 2. The first kappa shape index (κ1) is 13.6. The molecule has 0 radical (unpaired) electrons. The van der Waals surface area contributed by atoms with Gasteiger partial charge in [0.2, 0.25) is 0 Å². The second-order valence-corrected chi connectivity index (χ2v) is 5.06. The number of rotatable bonds is 5. The molecule has 0 fully saturated rings. The molecule has 3 N–H and O–H groups in total. The number of aromatic nitrogens is 2. The van der Waals surface area contributed by atoms with E-state index in [4.69, 9.17) is 5.11 Å². The summed E-state index contributed by atoms with van der Waals surface area (Å²) in [6.07, 6.45) is 1.60. The van der Waals surface area contributed by atoms with E-state index in [0.29, 0.717) is 6.42 Å². The van der Waals surface area contributed by atoms with Gasteiger partial charge in [-0.2, -0.15) is 0 Å². The molecule has 1 aromatic heterocycles. The van der Waals surface area contributed by atoms with Crippen LogP contribution in [0.15, 0.2) is 42.5 Å². The maximum absolute atomic E-state index is 8.92. The van der Waals surface area contributed by atoms with Crippen LogP contribution < -0.4 is 5.32 Å². The van der Waals surface area contributed by atoms with Crippen molar-refractivity contribution in [1.29, 1.82) is 0 Å². The lowest BCUT2D eigenvalue weighted by Crippen LogP contribution is -1.93. The van der Waals surface area contributed by atoms with Gasteiger partial charge in [-0.05, 0) is 42.3 Å². The first-order chi connectivity index (χ1) is 10.3. The number of hydrogen-bond donors (Lipinski definition) is 3. The molecule has 0 saturated heterocycles. The maximum Gasteiger partial charge on any atom is 0.106 e. The number of aromatic amines is 1. The Morgan fingerprint density at radius 2 is 1.86 bits per heavy atom. The van der Waals surface area contributed by atoms with Gasteiger partial charge in [0.1, 0.15) is 5.82 Å². The van der Waals surface area contributed by atoms with Crippen molar-refractivity contribution in [3.63, 3.8) is 0 Å². The Labute approximate surface area is 123 Å². The quantitative estimate of drug-likeness (QED) is 0.671. The highest BCUT2D eigenvalue weighted by molar-refractivity contribution is 5.80. The molecule has 0 aliphatic carbocycles. The smallest absolute Gasteiger partial charge is 0.106 e. The number of imidazole rings is 1. The number of hydrogen-bond acceptors (Lipinski definition) is 3. The van der Waals surface area contributed by atoms with E-state index < -0.39 is 0 Å². The van der Waals surface area contributed by atoms with Crippen LogP contribution in [-0.2, 0) is 12.8 Å². The Hall–Kier alpha value is -2.33. The van der Waals surface area contributed by atoms with Crippen molar-refractivity contribution in [2.24, 2.45) is 0 Å². The zero-order chi connectivity index (χ0) is 14.7. The molecule has 21 heavy (non-hydrogen) atoms. The van der Waals surface area contributed by atoms with Crippen LogP contribution >= 0.6 is 0 Å². The summed E-state index contributed by atoms with van der Waals surface area (Å²) >= 11 is 0. The average molecular weight is 281 g/mol. The Bertz CT molecular complexity index is 731. The molecule has 0 saturated carbocycles. The second kappa shape index (κ2) is 5.97. The molecule has 4 heteroatoms. The van der Waals surface area contributed by atoms with Crippen LogP contribution in [0.5, 0.6) is 0 Å². The third-order valence-electron chi connectivity index (χ3n) is 3.51. The summed E-state index contributed by atoms with van der Waals surface area (Å²) in [5.41, 5.74) is 5.25. The van der Waals surface area contributed by atoms with Crippen molar-refractivity contribution in [2.45, 2.75) is 19.8 Å². The summed E-state index contributed by atoms with van der Waals surface area (Å²) in [7, 11) is 0. The fourth-order valence-corrected chi connectivity index (χ4v) is 2.36. The van der Waals surface area contributed by atoms with Gasteiger partial charge in [-0.15, -0.1) is 0 Å². The SMILES string of the molecule is CCc1nc2ccc(Nc3ccc(CCO)cc3)cc2[nH]1. The number of anilines is 2. The van der Waals surface area contributed by atoms with Crippen LogP contribution in [-0.4, -0.2) is 21.7 Å². The number of aryl methyl sites for hydroxylation is 1. The molecule has 1 heterocycles. The molecular weight excluding hydrogens is 262 g/mol. The Balaban J connectivity index is 1.80. The minimum Gasteiger partial charge on any atom is -0.396 e. The number of aliphatic hydroxyl groups excluding tert-OH is 1. The van der Waals surface area contributed by atoms with E-state index >= 15 is 0 Å². The predicted molar refractivity (Wildman–Crippen MR) is 86.0 cm³/mol. The Morgan fingerprint density at radius 3 is 2.57 bits per heavy atom. The number of nitrogens with zero attached hydrogens (tertiary/aromatic N) is 1. The third kappa shape index (κ3) is 3.06.